The molecule has 0 fully saturated rings. The minimum atomic E-state index is -0.593. The van der Waals surface area contributed by atoms with E-state index in [-0.39, 0.29) is 24.4 Å². The summed E-state index contributed by atoms with van der Waals surface area (Å²) in [7, 11) is 0. The molecule has 0 bridgehead atoms. The maximum absolute atomic E-state index is 12.2. The standard InChI is InChI=1S/C14H19N3O3/c1-9(7-15)16-13(18)8-17-11-5-3-4-6-12(11)20-10(2)14(17)19/h3-6,9-10H,7-8,15H2,1-2H3,(H,16,18)/t9-,10?/m0/s1. The number of hydrogen-bond acceptors (Lipinski definition) is 4. The molecular formula is C14H19N3O3. The lowest BCUT2D eigenvalue weighted by molar-refractivity contribution is -0.128. The van der Waals surface area contributed by atoms with Gasteiger partial charge in [-0.15, -0.1) is 0 Å². The number of carbonyl (C=O) groups excluding carboxylic acids is 2. The molecule has 3 N–H and O–H groups in total. The molecule has 0 aliphatic carbocycles. The van der Waals surface area contributed by atoms with E-state index in [1.807, 2.05) is 13.0 Å². The van der Waals surface area contributed by atoms with Gasteiger partial charge in [0.05, 0.1) is 5.69 Å². The van der Waals surface area contributed by atoms with E-state index in [4.69, 9.17) is 10.5 Å². The first-order valence-electron chi connectivity index (χ1n) is 6.59. The van der Waals surface area contributed by atoms with Crippen LogP contribution in [-0.2, 0) is 9.59 Å². The summed E-state index contributed by atoms with van der Waals surface area (Å²) in [5, 5.41) is 2.74. The molecule has 1 aliphatic rings. The Kier molecular flexibility index (Phi) is 4.24. The molecule has 2 rings (SSSR count). The normalized spacial score (nSPS) is 19.1. The topological polar surface area (TPSA) is 84.7 Å². The predicted molar refractivity (Wildman–Crippen MR) is 75.5 cm³/mol. The second kappa shape index (κ2) is 5.92. The van der Waals surface area contributed by atoms with Crippen LogP contribution in [0.5, 0.6) is 5.75 Å². The first-order chi connectivity index (χ1) is 9.52. The van der Waals surface area contributed by atoms with Gasteiger partial charge in [-0.3, -0.25) is 14.5 Å². The van der Waals surface area contributed by atoms with Gasteiger partial charge in [0.15, 0.2) is 6.10 Å². The molecule has 1 heterocycles. The molecule has 6 heteroatoms. The highest BCUT2D eigenvalue weighted by molar-refractivity contribution is 6.03. The zero-order valence-corrected chi connectivity index (χ0v) is 11.6. The number of para-hydroxylation sites is 2. The van der Waals surface area contributed by atoms with Gasteiger partial charge in [-0.1, -0.05) is 12.1 Å². The molecule has 108 valence electrons. The van der Waals surface area contributed by atoms with Gasteiger partial charge in [0.2, 0.25) is 5.91 Å². The molecule has 0 radical (unpaired) electrons. The first-order valence-corrected chi connectivity index (χ1v) is 6.59. The Hall–Kier alpha value is -2.08. The van der Waals surface area contributed by atoms with Gasteiger partial charge in [-0.25, -0.2) is 0 Å². The van der Waals surface area contributed by atoms with Gasteiger partial charge in [0.1, 0.15) is 12.3 Å². The molecule has 1 aromatic carbocycles. The predicted octanol–water partition coefficient (Wildman–Crippen LogP) is 0.264. The highest BCUT2D eigenvalue weighted by atomic mass is 16.5. The number of carbonyl (C=O) groups is 2. The summed E-state index contributed by atoms with van der Waals surface area (Å²) in [6, 6.07) is 7.06. The molecule has 20 heavy (non-hydrogen) atoms. The van der Waals surface area contributed by atoms with Crippen LogP contribution in [0.2, 0.25) is 0 Å². The van der Waals surface area contributed by atoms with E-state index >= 15 is 0 Å². The summed E-state index contributed by atoms with van der Waals surface area (Å²) < 4.78 is 5.52. The minimum absolute atomic E-state index is 0.0338. The smallest absolute Gasteiger partial charge is 0.268 e. The van der Waals surface area contributed by atoms with Crippen molar-refractivity contribution in [3.8, 4) is 5.75 Å². The second-order valence-corrected chi connectivity index (χ2v) is 4.86. The summed E-state index contributed by atoms with van der Waals surface area (Å²) >= 11 is 0. The highest BCUT2D eigenvalue weighted by Gasteiger charge is 2.32. The van der Waals surface area contributed by atoms with Crippen LogP contribution in [0.25, 0.3) is 0 Å². The fourth-order valence-electron chi connectivity index (χ4n) is 2.04. The Morgan fingerprint density at radius 3 is 2.90 bits per heavy atom. The lowest BCUT2D eigenvalue weighted by Crippen LogP contribution is -2.50. The maximum atomic E-state index is 12.2. The molecule has 0 aromatic heterocycles. The van der Waals surface area contributed by atoms with Crippen LogP contribution in [0.3, 0.4) is 0 Å². The van der Waals surface area contributed by atoms with Gasteiger partial charge < -0.3 is 15.8 Å². The van der Waals surface area contributed by atoms with E-state index in [2.05, 4.69) is 5.32 Å². The van der Waals surface area contributed by atoms with Crippen LogP contribution in [0.1, 0.15) is 13.8 Å². The third-order valence-electron chi connectivity index (χ3n) is 3.14. The molecule has 2 atom stereocenters. The van der Waals surface area contributed by atoms with E-state index in [0.29, 0.717) is 18.0 Å². The molecular weight excluding hydrogens is 258 g/mol. The number of amides is 2. The summed E-state index contributed by atoms with van der Waals surface area (Å²) in [6.07, 6.45) is -0.593. The third kappa shape index (κ3) is 2.91. The number of nitrogens with one attached hydrogen (secondary N) is 1. The highest BCUT2D eigenvalue weighted by Crippen LogP contribution is 2.33. The maximum Gasteiger partial charge on any atom is 0.268 e. The van der Waals surface area contributed by atoms with Crippen LogP contribution in [-0.4, -0.2) is 37.0 Å². The van der Waals surface area contributed by atoms with E-state index in [9.17, 15) is 9.59 Å². The van der Waals surface area contributed by atoms with Crippen molar-refractivity contribution in [1.82, 2.24) is 5.32 Å². The van der Waals surface area contributed by atoms with E-state index in [1.165, 1.54) is 4.90 Å². The Labute approximate surface area is 117 Å². The largest absolute Gasteiger partial charge is 0.479 e. The number of rotatable bonds is 4. The first kappa shape index (κ1) is 14.3. The number of nitrogens with zero attached hydrogens (tertiary/aromatic N) is 1. The zero-order valence-electron chi connectivity index (χ0n) is 11.6. The lowest BCUT2D eigenvalue weighted by atomic mass is 10.2. The van der Waals surface area contributed by atoms with Gasteiger partial charge in [-0.05, 0) is 26.0 Å². The summed E-state index contributed by atoms with van der Waals surface area (Å²) in [4.78, 5) is 25.6. The minimum Gasteiger partial charge on any atom is -0.479 e. The Balaban J connectivity index is 2.17. The van der Waals surface area contributed by atoms with Gasteiger partial charge in [-0.2, -0.15) is 0 Å². The third-order valence-corrected chi connectivity index (χ3v) is 3.14. The Morgan fingerprint density at radius 2 is 2.20 bits per heavy atom. The Bertz CT molecular complexity index is 518. The molecule has 1 unspecified atom stereocenters. The SMILES string of the molecule is CC1Oc2ccccc2N(CC(=O)N[C@@H](C)CN)C1=O. The average Bonchev–Trinajstić information content (AvgIpc) is 2.43. The number of hydrogen-bond donors (Lipinski definition) is 2. The number of anilines is 1. The number of benzene rings is 1. The summed E-state index contributed by atoms with van der Waals surface area (Å²) in [6.45, 7) is 3.81. The molecule has 0 saturated heterocycles. The molecule has 1 aliphatic heterocycles. The van der Waals surface area contributed by atoms with E-state index < -0.39 is 6.10 Å². The molecule has 0 spiro atoms. The molecule has 1 aromatic rings. The summed E-state index contributed by atoms with van der Waals surface area (Å²) in [5.74, 6) is 0.152. The molecule has 6 nitrogen and oxygen atoms in total. The van der Waals surface area contributed by atoms with Crippen molar-refractivity contribution in [3.63, 3.8) is 0 Å². The van der Waals surface area contributed by atoms with Crippen molar-refractivity contribution < 1.29 is 14.3 Å². The number of fused-ring (bicyclic) bond motifs is 1. The van der Waals surface area contributed by atoms with E-state index in [0.717, 1.165) is 0 Å². The van der Waals surface area contributed by atoms with Crippen LogP contribution >= 0.6 is 0 Å². The fourth-order valence-corrected chi connectivity index (χ4v) is 2.04. The van der Waals surface area contributed by atoms with Gasteiger partial charge in [0, 0.05) is 12.6 Å². The fraction of sp³-hybridized carbons (Fsp3) is 0.429. The van der Waals surface area contributed by atoms with Crippen molar-refractivity contribution >= 4 is 17.5 Å². The van der Waals surface area contributed by atoms with Crippen molar-refractivity contribution in [3.05, 3.63) is 24.3 Å². The van der Waals surface area contributed by atoms with Crippen molar-refractivity contribution in [2.45, 2.75) is 26.0 Å². The van der Waals surface area contributed by atoms with Gasteiger partial charge >= 0.3 is 0 Å². The number of ether oxygens (including phenoxy) is 1. The molecule has 0 saturated carbocycles. The second-order valence-electron chi connectivity index (χ2n) is 4.86. The quantitative estimate of drug-likeness (QED) is 0.827. The lowest BCUT2D eigenvalue weighted by Gasteiger charge is -2.32. The monoisotopic (exact) mass is 277 g/mol. The molecule has 2 amide bonds. The van der Waals surface area contributed by atoms with Crippen LogP contribution in [0.4, 0.5) is 5.69 Å². The van der Waals surface area contributed by atoms with Crippen molar-refractivity contribution in [2.75, 3.05) is 18.0 Å². The Morgan fingerprint density at radius 1 is 1.50 bits per heavy atom. The van der Waals surface area contributed by atoms with Crippen molar-refractivity contribution in [2.24, 2.45) is 5.73 Å². The van der Waals surface area contributed by atoms with Crippen molar-refractivity contribution in [1.29, 1.82) is 0 Å². The number of nitrogens with two attached hydrogens (primary N) is 1. The van der Waals surface area contributed by atoms with Crippen LogP contribution in [0, 0.1) is 0 Å². The average molecular weight is 277 g/mol. The van der Waals surface area contributed by atoms with Crippen LogP contribution < -0.4 is 20.7 Å². The summed E-state index contributed by atoms with van der Waals surface area (Å²) in [5.41, 5.74) is 6.08. The van der Waals surface area contributed by atoms with E-state index in [1.54, 1.807) is 25.1 Å². The zero-order chi connectivity index (χ0) is 14.7. The van der Waals surface area contributed by atoms with Crippen LogP contribution in [0.15, 0.2) is 24.3 Å². The van der Waals surface area contributed by atoms with Gasteiger partial charge in [0.25, 0.3) is 5.91 Å².